The molecule has 7 heteroatoms. The van der Waals surface area contributed by atoms with E-state index < -0.39 is 0 Å². The van der Waals surface area contributed by atoms with Crippen LogP contribution in [-0.4, -0.2) is 50.5 Å². The number of benzene rings is 1. The third kappa shape index (κ3) is 6.71. The van der Waals surface area contributed by atoms with Crippen LogP contribution in [0.1, 0.15) is 57.8 Å². The van der Waals surface area contributed by atoms with Gasteiger partial charge >= 0.3 is 0 Å². The monoisotopic (exact) mass is 392 g/mol. The normalized spacial score (nSPS) is 14.5. The van der Waals surface area contributed by atoms with Crippen LogP contribution in [0.15, 0.2) is 23.2 Å². The molecule has 2 rings (SSSR count). The fraction of sp³-hybridized carbons (Fsp3) is 0.619. The number of carbonyl (C=O) groups is 1. The van der Waals surface area contributed by atoms with Gasteiger partial charge < -0.3 is 19.1 Å². The zero-order valence-corrected chi connectivity index (χ0v) is 17.7. The summed E-state index contributed by atoms with van der Waals surface area (Å²) in [5.74, 6) is 0.938. The smallest absolute Gasteiger partial charge is 0.292 e. The minimum Gasteiger partial charge on any atom is -0.462 e. The first-order chi connectivity index (χ1) is 13.4. The average Bonchev–Trinajstić information content (AvgIpc) is 3.12. The van der Waals surface area contributed by atoms with Crippen molar-refractivity contribution in [2.75, 3.05) is 26.4 Å². The second-order valence-corrected chi connectivity index (χ2v) is 7.32. The van der Waals surface area contributed by atoms with Crippen molar-refractivity contribution >= 4 is 11.9 Å². The number of rotatable bonds is 9. The van der Waals surface area contributed by atoms with Crippen molar-refractivity contribution in [1.29, 1.82) is 0 Å². The Balaban J connectivity index is 1.97. The number of hydrogen-bond donors (Lipinski definition) is 2. The Morgan fingerprint density at radius 3 is 2.61 bits per heavy atom. The van der Waals surface area contributed by atoms with Gasteiger partial charge in [-0.05, 0) is 65.7 Å². The SMILES string of the molecule is CC[NH+](CC)CCC[C@@H](C)N=C(NC(=O)c1ccc2c(c1)OCO2)OC(C)C. The van der Waals surface area contributed by atoms with Gasteiger partial charge in [-0.3, -0.25) is 10.1 Å². The number of amides is 1. The molecule has 1 aromatic rings. The zero-order valence-electron chi connectivity index (χ0n) is 17.7. The molecule has 1 aliphatic rings. The van der Waals surface area contributed by atoms with Gasteiger partial charge in [0.2, 0.25) is 6.79 Å². The van der Waals surface area contributed by atoms with Gasteiger partial charge in [0.05, 0.1) is 31.8 Å². The first-order valence-electron chi connectivity index (χ1n) is 10.2. The van der Waals surface area contributed by atoms with Gasteiger partial charge in [0.1, 0.15) is 0 Å². The molecular weight excluding hydrogens is 358 g/mol. The highest BCUT2D eigenvalue weighted by molar-refractivity contribution is 6.04. The molecule has 7 nitrogen and oxygen atoms in total. The van der Waals surface area contributed by atoms with Crippen LogP contribution in [0.4, 0.5) is 0 Å². The Kier molecular flexibility index (Phi) is 8.57. The summed E-state index contributed by atoms with van der Waals surface area (Å²) in [6, 6.07) is 5.43. The summed E-state index contributed by atoms with van der Waals surface area (Å²) in [5, 5.41) is 2.80. The summed E-state index contributed by atoms with van der Waals surface area (Å²) < 4.78 is 16.4. The van der Waals surface area contributed by atoms with E-state index in [0.717, 1.165) is 32.5 Å². The molecule has 0 unspecified atom stereocenters. The second-order valence-electron chi connectivity index (χ2n) is 7.32. The summed E-state index contributed by atoms with van der Waals surface area (Å²) >= 11 is 0. The van der Waals surface area contributed by atoms with Crippen molar-refractivity contribution in [2.24, 2.45) is 4.99 Å². The lowest BCUT2D eigenvalue weighted by atomic mass is 10.2. The molecule has 0 saturated carbocycles. The Morgan fingerprint density at radius 2 is 1.93 bits per heavy atom. The lowest BCUT2D eigenvalue weighted by Gasteiger charge is -2.17. The summed E-state index contributed by atoms with van der Waals surface area (Å²) in [6.45, 7) is 13.9. The van der Waals surface area contributed by atoms with Crippen LogP contribution in [0.5, 0.6) is 11.5 Å². The maximum Gasteiger partial charge on any atom is 0.292 e. The fourth-order valence-corrected chi connectivity index (χ4v) is 3.04. The Morgan fingerprint density at radius 1 is 1.21 bits per heavy atom. The van der Waals surface area contributed by atoms with Crippen LogP contribution in [0.3, 0.4) is 0 Å². The highest BCUT2D eigenvalue weighted by atomic mass is 16.7. The average molecular weight is 393 g/mol. The van der Waals surface area contributed by atoms with E-state index in [1.165, 1.54) is 0 Å². The maximum atomic E-state index is 12.6. The van der Waals surface area contributed by atoms with Gasteiger partial charge in [-0.15, -0.1) is 0 Å². The lowest BCUT2D eigenvalue weighted by Crippen LogP contribution is -3.11. The van der Waals surface area contributed by atoms with Gasteiger partial charge in [0.15, 0.2) is 11.5 Å². The number of nitrogens with zero attached hydrogens (tertiary/aromatic N) is 1. The lowest BCUT2D eigenvalue weighted by molar-refractivity contribution is -0.896. The zero-order chi connectivity index (χ0) is 20.5. The van der Waals surface area contributed by atoms with Crippen LogP contribution in [0, 0.1) is 0 Å². The molecule has 0 fully saturated rings. The van der Waals surface area contributed by atoms with E-state index in [9.17, 15) is 4.79 Å². The van der Waals surface area contributed by atoms with Crippen LogP contribution in [0.25, 0.3) is 0 Å². The number of amidine groups is 1. The van der Waals surface area contributed by atoms with E-state index in [1.54, 1.807) is 23.1 Å². The van der Waals surface area contributed by atoms with Gasteiger partial charge in [-0.2, -0.15) is 0 Å². The molecule has 0 aliphatic carbocycles. The predicted molar refractivity (Wildman–Crippen MR) is 109 cm³/mol. The number of nitrogens with one attached hydrogen (secondary N) is 2. The number of hydrogen-bond acceptors (Lipinski definition) is 5. The second kappa shape index (κ2) is 10.9. The van der Waals surface area contributed by atoms with Gasteiger partial charge in [-0.25, -0.2) is 4.99 Å². The third-order valence-electron chi connectivity index (χ3n) is 4.69. The predicted octanol–water partition coefficient (Wildman–Crippen LogP) is 2.02. The molecule has 0 spiro atoms. The van der Waals surface area contributed by atoms with Crippen LogP contribution in [0.2, 0.25) is 0 Å². The Hall–Kier alpha value is -2.28. The molecule has 1 atom stereocenters. The van der Waals surface area contributed by atoms with E-state index in [4.69, 9.17) is 14.2 Å². The Bertz CT molecular complexity index is 672. The quantitative estimate of drug-likeness (QED) is 0.498. The first-order valence-corrected chi connectivity index (χ1v) is 10.2. The first kappa shape index (κ1) is 22.0. The fourth-order valence-electron chi connectivity index (χ4n) is 3.04. The van der Waals surface area contributed by atoms with Gasteiger partial charge in [0, 0.05) is 5.56 Å². The third-order valence-corrected chi connectivity index (χ3v) is 4.69. The molecule has 1 heterocycles. The summed E-state index contributed by atoms with van der Waals surface area (Å²) in [4.78, 5) is 18.8. The van der Waals surface area contributed by atoms with Crippen LogP contribution < -0.4 is 19.7 Å². The number of aliphatic imine (C=N–C) groups is 1. The largest absolute Gasteiger partial charge is 0.462 e. The number of ether oxygens (including phenoxy) is 3. The van der Waals surface area contributed by atoms with Crippen molar-refractivity contribution < 1.29 is 23.9 Å². The topological polar surface area (TPSA) is 73.6 Å². The molecule has 1 amide bonds. The number of carbonyl (C=O) groups excluding carboxylic acids is 1. The van der Waals surface area contributed by atoms with Crippen LogP contribution >= 0.6 is 0 Å². The molecule has 0 radical (unpaired) electrons. The molecular formula is C21H34N3O4+. The Labute approximate surface area is 168 Å². The molecule has 0 saturated heterocycles. The standard InChI is InChI=1S/C21H33N3O4/c1-6-24(7-2)12-8-9-16(5)22-21(28-15(3)4)23-20(25)17-10-11-18-19(13-17)27-14-26-18/h10-11,13,15-16H,6-9,12,14H2,1-5H3,(H,22,23,25)/p+1/t16-/m1/s1. The maximum absolute atomic E-state index is 12.6. The van der Waals surface area contributed by atoms with Gasteiger partial charge in [0.25, 0.3) is 11.9 Å². The van der Waals surface area contributed by atoms with E-state index in [1.807, 2.05) is 20.8 Å². The van der Waals surface area contributed by atoms with E-state index in [0.29, 0.717) is 17.1 Å². The van der Waals surface area contributed by atoms with Crippen molar-refractivity contribution in [2.45, 2.75) is 59.6 Å². The van der Waals surface area contributed by atoms with E-state index >= 15 is 0 Å². The van der Waals surface area contributed by atoms with Crippen molar-refractivity contribution in [3.8, 4) is 11.5 Å². The van der Waals surface area contributed by atoms with E-state index in [-0.39, 0.29) is 30.9 Å². The van der Waals surface area contributed by atoms with Gasteiger partial charge in [-0.1, -0.05) is 0 Å². The summed E-state index contributed by atoms with van der Waals surface area (Å²) in [7, 11) is 0. The molecule has 28 heavy (non-hydrogen) atoms. The molecule has 0 aromatic heterocycles. The van der Waals surface area contributed by atoms with Crippen molar-refractivity contribution in [3.05, 3.63) is 23.8 Å². The minimum absolute atomic E-state index is 0.0702. The molecule has 1 aromatic carbocycles. The summed E-state index contributed by atoms with van der Waals surface area (Å²) in [6.07, 6.45) is 1.96. The van der Waals surface area contributed by atoms with Crippen molar-refractivity contribution in [3.63, 3.8) is 0 Å². The van der Waals surface area contributed by atoms with Crippen LogP contribution in [-0.2, 0) is 4.74 Å². The highest BCUT2D eigenvalue weighted by Gasteiger charge is 2.18. The molecule has 1 aliphatic heterocycles. The molecule has 0 bridgehead atoms. The molecule has 2 N–H and O–H groups in total. The van der Waals surface area contributed by atoms with E-state index in [2.05, 4.69) is 24.2 Å². The van der Waals surface area contributed by atoms with Crippen molar-refractivity contribution in [1.82, 2.24) is 5.32 Å². The molecule has 156 valence electrons. The highest BCUT2D eigenvalue weighted by Crippen LogP contribution is 2.32. The number of fused-ring (bicyclic) bond motifs is 1. The summed E-state index contributed by atoms with van der Waals surface area (Å²) in [5.41, 5.74) is 0.474. The number of quaternary nitrogens is 1. The minimum atomic E-state index is -0.280.